The summed E-state index contributed by atoms with van der Waals surface area (Å²) in [6.45, 7) is 0.753. The maximum absolute atomic E-state index is 12.1. The van der Waals surface area contributed by atoms with E-state index in [2.05, 4.69) is 14.8 Å². The summed E-state index contributed by atoms with van der Waals surface area (Å²) < 4.78 is 36.2. The summed E-state index contributed by atoms with van der Waals surface area (Å²) in [6.07, 6.45) is 0. The summed E-state index contributed by atoms with van der Waals surface area (Å²) >= 11 is 0. The summed E-state index contributed by atoms with van der Waals surface area (Å²) in [5.74, 6) is -0.472. The second-order valence-corrected chi connectivity index (χ2v) is 5.59. The lowest BCUT2D eigenvalue weighted by atomic mass is 10.2. The largest absolute Gasteiger partial charge is 0.495 e. The van der Waals surface area contributed by atoms with Gasteiger partial charge >= 0.3 is 5.97 Å². The summed E-state index contributed by atoms with van der Waals surface area (Å²) in [5, 5.41) is 2.83. The van der Waals surface area contributed by atoms with Gasteiger partial charge in [-0.3, -0.25) is 0 Å². The van der Waals surface area contributed by atoms with Crippen LogP contribution < -0.4 is 14.8 Å². The van der Waals surface area contributed by atoms with Gasteiger partial charge in [-0.2, -0.15) is 0 Å². The Hall–Kier alpha value is -1.64. The Morgan fingerprint density at radius 3 is 2.50 bits per heavy atom. The molecule has 0 spiro atoms. The SMILES string of the molecule is CNCCNS(=O)(=O)c1ccc(C(=O)OC)cc1OC. The molecule has 112 valence electrons. The van der Waals surface area contributed by atoms with Gasteiger partial charge in [-0.1, -0.05) is 0 Å². The molecule has 20 heavy (non-hydrogen) atoms. The van der Waals surface area contributed by atoms with Gasteiger partial charge in [0.15, 0.2) is 0 Å². The van der Waals surface area contributed by atoms with E-state index in [0.29, 0.717) is 6.54 Å². The zero-order valence-electron chi connectivity index (χ0n) is 11.6. The molecule has 1 rings (SSSR count). The number of benzene rings is 1. The number of methoxy groups -OCH3 is 2. The van der Waals surface area contributed by atoms with Crippen LogP contribution in [0.25, 0.3) is 0 Å². The lowest BCUT2D eigenvalue weighted by Crippen LogP contribution is -2.30. The van der Waals surface area contributed by atoms with E-state index < -0.39 is 16.0 Å². The highest BCUT2D eigenvalue weighted by atomic mass is 32.2. The smallest absolute Gasteiger partial charge is 0.337 e. The lowest BCUT2D eigenvalue weighted by Gasteiger charge is -2.11. The Morgan fingerprint density at radius 2 is 1.95 bits per heavy atom. The molecule has 0 saturated carbocycles. The van der Waals surface area contributed by atoms with Gasteiger partial charge in [0, 0.05) is 13.1 Å². The van der Waals surface area contributed by atoms with Gasteiger partial charge in [0.05, 0.1) is 19.8 Å². The highest BCUT2D eigenvalue weighted by Gasteiger charge is 2.20. The van der Waals surface area contributed by atoms with Crippen LogP contribution in [0.4, 0.5) is 0 Å². The van der Waals surface area contributed by atoms with E-state index in [9.17, 15) is 13.2 Å². The van der Waals surface area contributed by atoms with Crippen molar-refractivity contribution in [2.24, 2.45) is 0 Å². The normalized spacial score (nSPS) is 11.2. The first kappa shape index (κ1) is 16.4. The van der Waals surface area contributed by atoms with Crippen molar-refractivity contribution in [3.8, 4) is 5.75 Å². The Morgan fingerprint density at radius 1 is 1.25 bits per heavy atom. The van der Waals surface area contributed by atoms with Crippen LogP contribution in [0.3, 0.4) is 0 Å². The molecule has 0 heterocycles. The number of sulfonamides is 1. The predicted octanol–water partition coefficient (Wildman–Crippen LogP) is -0.0205. The number of nitrogens with one attached hydrogen (secondary N) is 2. The highest BCUT2D eigenvalue weighted by molar-refractivity contribution is 7.89. The Kier molecular flexibility index (Phi) is 5.93. The van der Waals surface area contributed by atoms with Crippen molar-refractivity contribution in [3.05, 3.63) is 23.8 Å². The van der Waals surface area contributed by atoms with Crippen LogP contribution in [-0.4, -0.2) is 48.7 Å². The molecule has 0 aromatic heterocycles. The first-order chi connectivity index (χ1) is 9.46. The molecule has 7 nitrogen and oxygen atoms in total. The molecule has 0 atom stereocenters. The minimum Gasteiger partial charge on any atom is -0.495 e. The second kappa shape index (κ2) is 7.22. The van der Waals surface area contributed by atoms with E-state index in [1.165, 1.54) is 32.4 Å². The number of rotatable bonds is 7. The molecule has 1 aromatic carbocycles. The monoisotopic (exact) mass is 302 g/mol. The van der Waals surface area contributed by atoms with E-state index in [1.54, 1.807) is 7.05 Å². The summed E-state index contributed by atoms with van der Waals surface area (Å²) in [5.41, 5.74) is 0.221. The lowest BCUT2D eigenvalue weighted by molar-refractivity contribution is 0.0600. The molecule has 0 bridgehead atoms. The van der Waals surface area contributed by atoms with Crippen LogP contribution in [0.15, 0.2) is 23.1 Å². The van der Waals surface area contributed by atoms with Gasteiger partial charge < -0.3 is 14.8 Å². The van der Waals surface area contributed by atoms with Crippen LogP contribution >= 0.6 is 0 Å². The molecule has 0 amide bonds. The van der Waals surface area contributed by atoms with E-state index in [4.69, 9.17) is 4.74 Å². The zero-order chi connectivity index (χ0) is 15.2. The third-order valence-electron chi connectivity index (χ3n) is 2.54. The number of hydrogen-bond donors (Lipinski definition) is 2. The van der Waals surface area contributed by atoms with Crippen LogP contribution in [0.1, 0.15) is 10.4 Å². The molecule has 8 heteroatoms. The molecule has 2 N–H and O–H groups in total. The number of esters is 1. The number of carbonyl (C=O) groups excluding carboxylic acids is 1. The quantitative estimate of drug-likeness (QED) is 0.543. The maximum Gasteiger partial charge on any atom is 0.337 e. The van der Waals surface area contributed by atoms with Crippen molar-refractivity contribution in [2.45, 2.75) is 4.90 Å². The predicted molar refractivity (Wildman–Crippen MR) is 73.4 cm³/mol. The molecule has 0 saturated heterocycles. The molecule has 0 aliphatic heterocycles. The van der Waals surface area contributed by atoms with E-state index in [1.807, 2.05) is 0 Å². The molecule has 0 aliphatic rings. The Balaban J connectivity index is 3.09. The Bertz CT molecular complexity index is 571. The average molecular weight is 302 g/mol. The molecule has 0 radical (unpaired) electrons. The van der Waals surface area contributed by atoms with Crippen LogP contribution in [0.2, 0.25) is 0 Å². The van der Waals surface area contributed by atoms with Gasteiger partial charge in [0.2, 0.25) is 10.0 Å². The fourth-order valence-electron chi connectivity index (χ4n) is 1.52. The van der Waals surface area contributed by atoms with E-state index in [0.717, 1.165) is 0 Å². The van der Waals surface area contributed by atoms with Crippen molar-refractivity contribution in [3.63, 3.8) is 0 Å². The van der Waals surface area contributed by atoms with Gasteiger partial charge in [-0.05, 0) is 25.2 Å². The minimum absolute atomic E-state index is 0.0243. The van der Waals surface area contributed by atoms with Gasteiger partial charge in [-0.25, -0.2) is 17.9 Å². The van der Waals surface area contributed by atoms with Crippen molar-refractivity contribution >= 4 is 16.0 Å². The number of carbonyl (C=O) groups is 1. The van der Waals surface area contributed by atoms with Gasteiger partial charge in [0.25, 0.3) is 0 Å². The number of hydrogen-bond acceptors (Lipinski definition) is 6. The highest BCUT2D eigenvalue weighted by Crippen LogP contribution is 2.25. The molecule has 0 unspecified atom stereocenters. The Labute approximate surface area is 118 Å². The molecular formula is C12H18N2O5S. The van der Waals surface area contributed by atoms with Crippen LogP contribution in [-0.2, 0) is 14.8 Å². The van der Waals surface area contributed by atoms with E-state index >= 15 is 0 Å². The van der Waals surface area contributed by atoms with Gasteiger partial charge in [0.1, 0.15) is 10.6 Å². The number of ether oxygens (including phenoxy) is 2. The third-order valence-corrected chi connectivity index (χ3v) is 4.04. The van der Waals surface area contributed by atoms with Crippen molar-refractivity contribution in [2.75, 3.05) is 34.4 Å². The van der Waals surface area contributed by atoms with Crippen LogP contribution in [0.5, 0.6) is 5.75 Å². The van der Waals surface area contributed by atoms with Crippen LogP contribution in [0, 0.1) is 0 Å². The molecule has 0 aliphatic carbocycles. The van der Waals surface area contributed by atoms with E-state index in [-0.39, 0.29) is 22.8 Å². The fourth-order valence-corrected chi connectivity index (χ4v) is 2.70. The fraction of sp³-hybridized carbons (Fsp3) is 0.417. The first-order valence-corrected chi connectivity index (χ1v) is 7.35. The maximum atomic E-state index is 12.1. The summed E-state index contributed by atoms with van der Waals surface area (Å²) in [4.78, 5) is 11.4. The van der Waals surface area contributed by atoms with Crippen molar-refractivity contribution < 1.29 is 22.7 Å². The van der Waals surface area contributed by atoms with Crippen molar-refractivity contribution in [1.29, 1.82) is 0 Å². The second-order valence-electron chi connectivity index (χ2n) is 3.86. The average Bonchev–Trinajstić information content (AvgIpc) is 2.45. The van der Waals surface area contributed by atoms with Gasteiger partial charge in [-0.15, -0.1) is 0 Å². The topological polar surface area (TPSA) is 93.7 Å². The summed E-state index contributed by atoms with van der Waals surface area (Å²) in [7, 11) is 0.616. The first-order valence-electron chi connectivity index (χ1n) is 5.87. The third kappa shape index (κ3) is 3.92. The standard InChI is InChI=1S/C12H18N2O5S/c1-13-6-7-14-20(16,17)11-5-4-9(12(15)19-3)8-10(11)18-2/h4-5,8,13-14H,6-7H2,1-3H3. The summed E-state index contributed by atoms with van der Waals surface area (Å²) in [6, 6.07) is 4.02. The molecule has 0 fully saturated rings. The molecular weight excluding hydrogens is 284 g/mol. The van der Waals surface area contributed by atoms with Crippen molar-refractivity contribution in [1.82, 2.24) is 10.0 Å². The number of likely N-dealkylation sites (N-methyl/N-ethyl adjacent to an activating group) is 1. The molecule has 1 aromatic rings. The zero-order valence-corrected chi connectivity index (χ0v) is 12.4. The minimum atomic E-state index is -3.69.